The molecule has 3 nitrogen and oxygen atoms in total. The van der Waals surface area contributed by atoms with E-state index in [4.69, 9.17) is 0 Å². The second-order valence-corrected chi connectivity index (χ2v) is 3.66. The molecule has 3 heteroatoms. The fourth-order valence-electron chi connectivity index (χ4n) is 1.68. The van der Waals surface area contributed by atoms with E-state index < -0.39 is 0 Å². The van der Waals surface area contributed by atoms with Crippen LogP contribution in [0.4, 0.5) is 0 Å². The maximum Gasteiger partial charge on any atom is 0.157 e. The predicted molar refractivity (Wildman–Crippen MR) is 61.9 cm³/mol. The van der Waals surface area contributed by atoms with Crippen molar-refractivity contribution in [2.24, 2.45) is 0 Å². The molecule has 78 valence electrons. The predicted octanol–water partition coefficient (Wildman–Crippen LogP) is 2.56. The lowest BCUT2D eigenvalue weighted by molar-refractivity contribution is 0.995. The Bertz CT molecular complexity index is 497. The highest BCUT2D eigenvalue weighted by atomic mass is 15.0. The highest BCUT2D eigenvalue weighted by Crippen LogP contribution is 2.16. The molecule has 0 fully saturated rings. The fourth-order valence-corrected chi connectivity index (χ4v) is 1.68. The van der Waals surface area contributed by atoms with E-state index in [2.05, 4.69) is 41.4 Å². The van der Waals surface area contributed by atoms with Crippen LogP contribution < -0.4 is 0 Å². The molecule has 2 aromatic rings. The van der Waals surface area contributed by atoms with Gasteiger partial charge in [-0.3, -0.25) is 0 Å². The van der Waals surface area contributed by atoms with Gasteiger partial charge in [0.25, 0.3) is 0 Å². The Morgan fingerprint density at radius 2 is 2.27 bits per heavy atom. The summed E-state index contributed by atoms with van der Waals surface area (Å²) in [5, 5.41) is 0. The number of rotatable bonds is 3. The molecule has 0 aliphatic heterocycles. The van der Waals surface area contributed by atoms with Crippen LogP contribution in [-0.4, -0.2) is 15.0 Å². The molecular formula is C12H15N3. The molecule has 0 aliphatic rings. The van der Waals surface area contributed by atoms with Gasteiger partial charge in [0.05, 0.1) is 0 Å². The van der Waals surface area contributed by atoms with E-state index in [1.807, 2.05) is 6.08 Å². The lowest BCUT2D eigenvalue weighted by Crippen LogP contribution is -1.90. The van der Waals surface area contributed by atoms with Gasteiger partial charge in [0.15, 0.2) is 5.65 Å². The number of hydrogen-bond donors (Lipinski definition) is 1. The lowest BCUT2D eigenvalue weighted by Gasteiger charge is -1.98. The molecule has 0 saturated carbocycles. The summed E-state index contributed by atoms with van der Waals surface area (Å²) in [5.74, 6) is 0.997. The second kappa shape index (κ2) is 3.85. The van der Waals surface area contributed by atoms with Gasteiger partial charge in [0.2, 0.25) is 0 Å². The molecule has 0 amide bonds. The molecule has 0 radical (unpaired) electrons. The maximum atomic E-state index is 4.51. The van der Waals surface area contributed by atoms with Gasteiger partial charge in [-0.05, 0) is 18.6 Å². The third-order valence-electron chi connectivity index (χ3n) is 2.43. The first kappa shape index (κ1) is 9.90. The third-order valence-corrected chi connectivity index (χ3v) is 2.43. The fraction of sp³-hybridized carbons (Fsp3) is 0.333. The Hall–Kier alpha value is -1.64. The van der Waals surface area contributed by atoms with E-state index in [0.717, 1.165) is 35.5 Å². The van der Waals surface area contributed by atoms with E-state index in [-0.39, 0.29) is 0 Å². The van der Waals surface area contributed by atoms with Gasteiger partial charge >= 0.3 is 0 Å². The number of fused-ring (bicyclic) bond motifs is 1. The molecule has 1 N–H and O–H groups in total. The Balaban J connectivity index is 2.59. The zero-order valence-corrected chi connectivity index (χ0v) is 9.17. The molecule has 0 unspecified atom stereocenters. The van der Waals surface area contributed by atoms with E-state index in [1.54, 1.807) is 0 Å². The first-order valence-corrected chi connectivity index (χ1v) is 5.20. The number of imidazole rings is 1. The van der Waals surface area contributed by atoms with Crippen molar-refractivity contribution < 1.29 is 0 Å². The van der Waals surface area contributed by atoms with Crippen LogP contribution >= 0.6 is 0 Å². The van der Waals surface area contributed by atoms with Crippen LogP contribution in [0.25, 0.3) is 11.2 Å². The van der Waals surface area contributed by atoms with E-state index in [1.165, 1.54) is 5.56 Å². The van der Waals surface area contributed by atoms with E-state index >= 15 is 0 Å². The van der Waals surface area contributed by atoms with Crippen molar-refractivity contribution in [2.45, 2.75) is 26.7 Å². The van der Waals surface area contributed by atoms with Gasteiger partial charge in [0, 0.05) is 18.5 Å². The molecule has 2 rings (SSSR count). The van der Waals surface area contributed by atoms with Crippen LogP contribution in [0.5, 0.6) is 0 Å². The van der Waals surface area contributed by atoms with Crippen LogP contribution in [0.15, 0.2) is 18.7 Å². The highest BCUT2D eigenvalue weighted by Gasteiger charge is 2.06. The number of aromatic nitrogens is 3. The Labute approximate surface area is 89.3 Å². The van der Waals surface area contributed by atoms with Gasteiger partial charge in [0.1, 0.15) is 11.3 Å². The quantitative estimate of drug-likeness (QED) is 0.775. The van der Waals surface area contributed by atoms with Crippen molar-refractivity contribution in [2.75, 3.05) is 0 Å². The van der Waals surface area contributed by atoms with Gasteiger partial charge in [-0.2, -0.15) is 0 Å². The van der Waals surface area contributed by atoms with Crippen molar-refractivity contribution in [3.63, 3.8) is 0 Å². The largest absolute Gasteiger partial charge is 0.327 e. The van der Waals surface area contributed by atoms with Crippen LogP contribution in [0.2, 0.25) is 0 Å². The van der Waals surface area contributed by atoms with Crippen molar-refractivity contribution in [3.8, 4) is 0 Å². The summed E-state index contributed by atoms with van der Waals surface area (Å²) in [5.41, 5.74) is 4.09. The average molecular weight is 201 g/mol. The zero-order chi connectivity index (χ0) is 10.8. The van der Waals surface area contributed by atoms with Crippen LogP contribution in [0, 0.1) is 6.92 Å². The summed E-state index contributed by atoms with van der Waals surface area (Å²) in [4.78, 5) is 12.2. The number of aryl methyl sites for hydroxylation is 2. The second-order valence-electron chi connectivity index (χ2n) is 3.66. The lowest BCUT2D eigenvalue weighted by atomic mass is 10.2. The molecule has 2 heterocycles. The number of nitrogens with zero attached hydrogens (tertiary/aromatic N) is 2. The van der Waals surface area contributed by atoms with Gasteiger partial charge < -0.3 is 4.98 Å². The molecule has 0 saturated heterocycles. The molecule has 15 heavy (non-hydrogen) atoms. The van der Waals surface area contributed by atoms with Crippen molar-refractivity contribution in [3.05, 3.63) is 35.8 Å². The number of pyridine rings is 1. The van der Waals surface area contributed by atoms with E-state index in [9.17, 15) is 0 Å². The van der Waals surface area contributed by atoms with Crippen molar-refractivity contribution in [1.29, 1.82) is 0 Å². The number of hydrogen-bond acceptors (Lipinski definition) is 2. The Morgan fingerprint density at radius 3 is 2.93 bits per heavy atom. The summed E-state index contributed by atoms with van der Waals surface area (Å²) >= 11 is 0. The molecule has 0 atom stereocenters. The van der Waals surface area contributed by atoms with Gasteiger partial charge in [-0.1, -0.05) is 13.0 Å². The van der Waals surface area contributed by atoms with Crippen LogP contribution in [0.1, 0.15) is 24.0 Å². The van der Waals surface area contributed by atoms with Crippen molar-refractivity contribution in [1.82, 2.24) is 15.0 Å². The van der Waals surface area contributed by atoms with Crippen molar-refractivity contribution >= 4 is 11.2 Å². The third kappa shape index (κ3) is 1.77. The normalized spacial score (nSPS) is 10.8. The average Bonchev–Trinajstić information content (AvgIpc) is 2.62. The first-order chi connectivity index (χ1) is 7.24. The molecule has 0 aromatic carbocycles. The monoisotopic (exact) mass is 201 g/mol. The summed E-state index contributed by atoms with van der Waals surface area (Å²) in [6.45, 7) is 7.87. The number of nitrogens with one attached hydrogen (secondary N) is 1. The standard InChI is InChI=1S/C12H15N3/c1-4-6-9-7-8(3)11-12(13-9)15-10(5-2)14-11/h4,7H,1,5-6H2,2-3H3,(H,13,14,15). The number of allylic oxidation sites excluding steroid dienone is 1. The summed E-state index contributed by atoms with van der Waals surface area (Å²) in [6.07, 6.45) is 3.58. The van der Waals surface area contributed by atoms with Crippen LogP contribution in [0.3, 0.4) is 0 Å². The smallest absolute Gasteiger partial charge is 0.157 e. The number of H-pyrrole nitrogens is 1. The minimum absolute atomic E-state index is 0.803. The molecule has 0 bridgehead atoms. The van der Waals surface area contributed by atoms with Gasteiger partial charge in [-0.25, -0.2) is 9.97 Å². The zero-order valence-electron chi connectivity index (χ0n) is 9.17. The van der Waals surface area contributed by atoms with E-state index in [0.29, 0.717) is 0 Å². The molecule has 0 spiro atoms. The maximum absolute atomic E-state index is 4.51. The Morgan fingerprint density at radius 1 is 1.47 bits per heavy atom. The first-order valence-electron chi connectivity index (χ1n) is 5.20. The van der Waals surface area contributed by atoms with Gasteiger partial charge in [-0.15, -0.1) is 6.58 Å². The number of aromatic amines is 1. The molecular weight excluding hydrogens is 186 g/mol. The molecule has 2 aromatic heterocycles. The van der Waals surface area contributed by atoms with Crippen LogP contribution in [-0.2, 0) is 12.8 Å². The summed E-state index contributed by atoms with van der Waals surface area (Å²) < 4.78 is 0. The summed E-state index contributed by atoms with van der Waals surface area (Å²) in [7, 11) is 0. The minimum atomic E-state index is 0.803. The summed E-state index contributed by atoms with van der Waals surface area (Å²) in [6, 6.07) is 2.07. The topological polar surface area (TPSA) is 41.6 Å². The highest BCUT2D eigenvalue weighted by molar-refractivity contribution is 5.74. The molecule has 0 aliphatic carbocycles. The minimum Gasteiger partial charge on any atom is -0.327 e. The SMILES string of the molecule is C=CCc1cc(C)c2nc(CC)[nH]c2n1. The Kier molecular flexibility index (Phi) is 2.54.